The predicted octanol–water partition coefficient (Wildman–Crippen LogP) is 3.38. The highest BCUT2D eigenvalue weighted by Crippen LogP contribution is 2.26. The van der Waals surface area contributed by atoms with Gasteiger partial charge in [-0.15, -0.1) is 0 Å². The Balaban J connectivity index is 2.29. The summed E-state index contributed by atoms with van der Waals surface area (Å²) in [7, 11) is 0. The summed E-state index contributed by atoms with van der Waals surface area (Å²) in [5.41, 5.74) is 4.15. The molecular weight excluding hydrogens is 262 g/mol. The largest absolute Gasteiger partial charge is 0.393 e. The minimum absolute atomic E-state index is 0.135. The van der Waals surface area contributed by atoms with E-state index in [4.69, 9.17) is 0 Å². The molecule has 2 unspecified atom stereocenters. The normalized spacial score (nSPS) is 20.4. The van der Waals surface area contributed by atoms with Crippen LogP contribution >= 0.6 is 0 Å². The molecule has 0 aliphatic carbocycles. The highest BCUT2D eigenvalue weighted by Gasteiger charge is 2.29. The topological polar surface area (TPSA) is 40.5 Å². The summed E-state index contributed by atoms with van der Waals surface area (Å²) in [5, 5.41) is 9.68. The van der Waals surface area contributed by atoms with Crippen LogP contribution in [-0.4, -0.2) is 34.6 Å². The molecule has 3 heteroatoms. The molecule has 1 fully saturated rings. The molecule has 116 valence electrons. The number of benzene rings is 1. The number of amides is 1. The van der Waals surface area contributed by atoms with Crippen LogP contribution in [0.3, 0.4) is 0 Å². The molecule has 1 aliphatic heterocycles. The van der Waals surface area contributed by atoms with Gasteiger partial charge in [-0.1, -0.05) is 17.7 Å². The SMILES string of the molecule is Cc1cc(C)c(C(=O)N2CCCCC2CC(C)O)c(C)c1. The number of aryl methyl sites for hydroxylation is 3. The zero-order chi connectivity index (χ0) is 15.6. The van der Waals surface area contributed by atoms with Crippen LogP contribution in [0.1, 0.15) is 59.7 Å². The lowest BCUT2D eigenvalue weighted by molar-refractivity contribution is 0.0513. The second-order valence-electron chi connectivity index (χ2n) is 6.51. The molecule has 0 bridgehead atoms. The lowest BCUT2D eigenvalue weighted by atomic mass is 9.93. The molecule has 0 saturated carbocycles. The Bertz CT molecular complexity index is 499. The van der Waals surface area contributed by atoms with Gasteiger partial charge < -0.3 is 10.0 Å². The van der Waals surface area contributed by atoms with Gasteiger partial charge in [-0.3, -0.25) is 4.79 Å². The molecule has 1 aromatic rings. The summed E-state index contributed by atoms with van der Waals surface area (Å²) in [6.45, 7) is 8.70. The van der Waals surface area contributed by atoms with Crippen LogP contribution in [0, 0.1) is 20.8 Å². The van der Waals surface area contributed by atoms with E-state index in [1.54, 1.807) is 6.92 Å². The van der Waals surface area contributed by atoms with Crippen LogP contribution < -0.4 is 0 Å². The van der Waals surface area contributed by atoms with E-state index >= 15 is 0 Å². The molecular formula is C18H27NO2. The van der Waals surface area contributed by atoms with Crippen molar-refractivity contribution in [2.24, 2.45) is 0 Å². The Hall–Kier alpha value is -1.35. The van der Waals surface area contributed by atoms with Crippen molar-refractivity contribution < 1.29 is 9.90 Å². The molecule has 0 spiro atoms. The van der Waals surface area contributed by atoms with Crippen LogP contribution in [0.4, 0.5) is 0 Å². The van der Waals surface area contributed by atoms with Crippen molar-refractivity contribution in [1.82, 2.24) is 4.90 Å². The van der Waals surface area contributed by atoms with Gasteiger partial charge in [-0.05, 0) is 64.5 Å². The highest BCUT2D eigenvalue weighted by atomic mass is 16.3. The Morgan fingerprint density at radius 3 is 2.48 bits per heavy atom. The third-order valence-electron chi connectivity index (χ3n) is 4.39. The number of likely N-dealkylation sites (tertiary alicyclic amines) is 1. The zero-order valence-electron chi connectivity index (χ0n) is 13.6. The Kier molecular flexibility index (Phi) is 5.04. The van der Waals surface area contributed by atoms with Crippen LogP contribution in [0.5, 0.6) is 0 Å². The van der Waals surface area contributed by atoms with Crippen LogP contribution in [0.25, 0.3) is 0 Å². The van der Waals surface area contributed by atoms with Gasteiger partial charge in [-0.2, -0.15) is 0 Å². The molecule has 1 aliphatic rings. The minimum Gasteiger partial charge on any atom is -0.393 e. The van der Waals surface area contributed by atoms with E-state index in [9.17, 15) is 9.90 Å². The second kappa shape index (κ2) is 6.61. The average Bonchev–Trinajstić information content (AvgIpc) is 2.37. The van der Waals surface area contributed by atoms with E-state index in [0.29, 0.717) is 6.42 Å². The van der Waals surface area contributed by atoms with Gasteiger partial charge in [0.1, 0.15) is 0 Å². The van der Waals surface area contributed by atoms with Crippen molar-refractivity contribution in [2.75, 3.05) is 6.54 Å². The molecule has 2 atom stereocenters. The number of hydrogen-bond acceptors (Lipinski definition) is 2. The number of hydrogen-bond donors (Lipinski definition) is 1. The van der Waals surface area contributed by atoms with Gasteiger partial charge in [0.05, 0.1) is 6.10 Å². The van der Waals surface area contributed by atoms with Crippen LogP contribution in [0.2, 0.25) is 0 Å². The van der Waals surface area contributed by atoms with Gasteiger partial charge >= 0.3 is 0 Å². The fourth-order valence-electron chi connectivity index (χ4n) is 3.57. The molecule has 0 radical (unpaired) electrons. The van der Waals surface area contributed by atoms with Gasteiger partial charge in [-0.25, -0.2) is 0 Å². The van der Waals surface area contributed by atoms with Crippen molar-refractivity contribution in [3.63, 3.8) is 0 Å². The fraction of sp³-hybridized carbons (Fsp3) is 0.611. The Morgan fingerprint density at radius 2 is 1.90 bits per heavy atom. The maximum Gasteiger partial charge on any atom is 0.254 e. The molecule has 1 N–H and O–H groups in total. The smallest absolute Gasteiger partial charge is 0.254 e. The zero-order valence-corrected chi connectivity index (χ0v) is 13.6. The van der Waals surface area contributed by atoms with E-state index in [2.05, 4.69) is 19.1 Å². The maximum absolute atomic E-state index is 13.0. The maximum atomic E-state index is 13.0. The standard InChI is InChI=1S/C18H27NO2/c1-12-9-13(2)17(14(3)10-12)18(21)19-8-6-5-7-16(19)11-15(4)20/h9-10,15-16,20H,5-8,11H2,1-4H3. The molecule has 1 amide bonds. The Labute approximate surface area is 128 Å². The molecule has 1 heterocycles. The van der Waals surface area contributed by atoms with E-state index < -0.39 is 0 Å². The number of carbonyl (C=O) groups excluding carboxylic acids is 1. The molecule has 1 aromatic carbocycles. The van der Waals surface area contributed by atoms with Crippen molar-refractivity contribution in [1.29, 1.82) is 0 Å². The summed E-state index contributed by atoms with van der Waals surface area (Å²) >= 11 is 0. The van der Waals surface area contributed by atoms with Crippen molar-refractivity contribution in [3.8, 4) is 0 Å². The minimum atomic E-state index is -0.358. The average molecular weight is 289 g/mol. The number of nitrogens with zero attached hydrogens (tertiary/aromatic N) is 1. The van der Waals surface area contributed by atoms with Gasteiger partial charge in [0.2, 0.25) is 0 Å². The summed E-state index contributed by atoms with van der Waals surface area (Å²) in [5.74, 6) is 0.135. The third kappa shape index (κ3) is 3.65. The first kappa shape index (κ1) is 16.0. The quantitative estimate of drug-likeness (QED) is 0.926. The van der Waals surface area contributed by atoms with Crippen LogP contribution in [0.15, 0.2) is 12.1 Å². The first-order chi connectivity index (χ1) is 9.90. The van der Waals surface area contributed by atoms with E-state index in [1.165, 1.54) is 5.56 Å². The van der Waals surface area contributed by atoms with Crippen molar-refractivity contribution >= 4 is 5.91 Å². The van der Waals surface area contributed by atoms with E-state index in [0.717, 1.165) is 42.5 Å². The van der Waals surface area contributed by atoms with E-state index in [1.807, 2.05) is 18.7 Å². The summed E-state index contributed by atoms with van der Waals surface area (Å²) in [4.78, 5) is 15.0. The first-order valence-electron chi connectivity index (χ1n) is 7.97. The predicted molar refractivity (Wildman–Crippen MR) is 85.6 cm³/mol. The number of piperidine rings is 1. The van der Waals surface area contributed by atoms with E-state index in [-0.39, 0.29) is 18.1 Å². The monoisotopic (exact) mass is 289 g/mol. The highest BCUT2D eigenvalue weighted by molar-refractivity contribution is 5.97. The van der Waals surface area contributed by atoms with Gasteiger partial charge in [0, 0.05) is 18.2 Å². The first-order valence-corrected chi connectivity index (χ1v) is 7.97. The van der Waals surface area contributed by atoms with Crippen molar-refractivity contribution in [2.45, 2.75) is 65.5 Å². The van der Waals surface area contributed by atoms with Gasteiger partial charge in [0.15, 0.2) is 0 Å². The number of aliphatic hydroxyl groups is 1. The lowest BCUT2D eigenvalue weighted by Crippen LogP contribution is -2.45. The number of carbonyl (C=O) groups is 1. The van der Waals surface area contributed by atoms with Crippen molar-refractivity contribution in [3.05, 3.63) is 34.4 Å². The molecule has 3 nitrogen and oxygen atoms in total. The summed E-state index contributed by atoms with van der Waals surface area (Å²) < 4.78 is 0. The molecule has 2 rings (SSSR count). The Morgan fingerprint density at radius 1 is 1.29 bits per heavy atom. The summed E-state index contributed by atoms with van der Waals surface area (Å²) in [6.07, 6.45) is 3.53. The fourth-order valence-corrected chi connectivity index (χ4v) is 3.57. The third-order valence-corrected chi connectivity index (χ3v) is 4.39. The number of aliphatic hydroxyl groups excluding tert-OH is 1. The van der Waals surface area contributed by atoms with Gasteiger partial charge in [0.25, 0.3) is 5.91 Å². The molecule has 0 aromatic heterocycles. The summed E-state index contributed by atoms with van der Waals surface area (Å²) in [6, 6.07) is 4.33. The van der Waals surface area contributed by atoms with Crippen LogP contribution in [-0.2, 0) is 0 Å². The molecule has 21 heavy (non-hydrogen) atoms. The number of rotatable bonds is 3. The lowest BCUT2D eigenvalue weighted by Gasteiger charge is -2.37. The second-order valence-corrected chi connectivity index (χ2v) is 6.51. The molecule has 1 saturated heterocycles.